The van der Waals surface area contributed by atoms with Crippen LogP contribution in [0.15, 0.2) is 24.3 Å². The molecule has 0 saturated carbocycles. The summed E-state index contributed by atoms with van der Waals surface area (Å²) < 4.78 is 23.8. The zero-order valence-corrected chi connectivity index (χ0v) is 10.8. The molecular formula is C14H19FO3. The fraction of sp³-hybridized carbons (Fsp3) is 0.500. The topological polar surface area (TPSA) is 35.5 Å². The molecule has 0 aliphatic rings. The average Bonchev–Trinajstić information content (AvgIpc) is 2.36. The lowest BCUT2D eigenvalue weighted by atomic mass is 10.1. The van der Waals surface area contributed by atoms with Gasteiger partial charge in [-0.25, -0.2) is 4.39 Å². The van der Waals surface area contributed by atoms with Crippen LogP contribution in [0.25, 0.3) is 0 Å². The third-order valence-electron chi connectivity index (χ3n) is 2.43. The molecule has 1 unspecified atom stereocenters. The Labute approximate surface area is 107 Å². The number of halogens is 1. The predicted molar refractivity (Wildman–Crippen MR) is 67.0 cm³/mol. The molecule has 0 bridgehead atoms. The fourth-order valence-corrected chi connectivity index (χ4v) is 1.47. The van der Waals surface area contributed by atoms with Gasteiger partial charge in [-0.05, 0) is 25.5 Å². The second-order valence-corrected chi connectivity index (χ2v) is 4.09. The van der Waals surface area contributed by atoms with Crippen molar-refractivity contribution in [1.29, 1.82) is 0 Å². The normalized spacial score (nSPS) is 12.4. The first-order chi connectivity index (χ1) is 8.63. The van der Waals surface area contributed by atoms with E-state index in [1.807, 2.05) is 13.8 Å². The highest BCUT2D eigenvalue weighted by Crippen LogP contribution is 2.07. The van der Waals surface area contributed by atoms with Crippen LogP contribution in [0.2, 0.25) is 0 Å². The third-order valence-corrected chi connectivity index (χ3v) is 2.43. The van der Waals surface area contributed by atoms with Gasteiger partial charge < -0.3 is 9.47 Å². The lowest BCUT2D eigenvalue weighted by molar-refractivity contribution is -0.125. The summed E-state index contributed by atoms with van der Waals surface area (Å²) >= 11 is 0. The van der Waals surface area contributed by atoms with Gasteiger partial charge in [-0.15, -0.1) is 0 Å². The Bertz CT molecular complexity index is 379. The number of hydrogen-bond donors (Lipinski definition) is 0. The van der Waals surface area contributed by atoms with Gasteiger partial charge in [0, 0.05) is 13.0 Å². The molecule has 100 valence electrons. The maximum absolute atomic E-state index is 13.3. The number of ketones is 1. The molecule has 0 aliphatic heterocycles. The first-order valence-corrected chi connectivity index (χ1v) is 6.08. The van der Waals surface area contributed by atoms with Crippen molar-refractivity contribution >= 4 is 5.78 Å². The summed E-state index contributed by atoms with van der Waals surface area (Å²) in [5, 5.41) is 0. The van der Waals surface area contributed by atoms with Gasteiger partial charge in [-0.3, -0.25) is 4.79 Å². The molecule has 3 nitrogen and oxygen atoms in total. The summed E-state index contributed by atoms with van der Waals surface area (Å²) in [7, 11) is 0. The minimum absolute atomic E-state index is 0.0113. The third kappa shape index (κ3) is 5.38. The van der Waals surface area contributed by atoms with Gasteiger partial charge in [0.15, 0.2) is 5.78 Å². The van der Waals surface area contributed by atoms with Crippen LogP contribution >= 0.6 is 0 Å². The van der Waals surface area contributed by atoms with E-state index in [-0.39, 0.29) is 30.7 Å². The van der Waals surface area contributed by atoms with Crippen molar-refractivity contribution in [3.8, 4) is 0 Å². The van der Waals surface area contributed by atoms with Crippen LogP contribution in [0.3, 0.4) is 0 Å². The standard InChI is InChI=1S/C14H19FO3/c1-3-17-9-11(2)18-10-13(16)8-12-6-4-5-7-14(12)15/h4-7,11H,3,8-10H2,1-2H3. The van der Waals surface area contributed by atoms with Crippen LogP contribution < -0.4 is 0 Å². The molecule has 18 heavy (non-hydrogen) atoms. The van der Waals surface area contributed by atoms with E-state index in [1.165, 1.54) is 6.07 Å². The second kappa shape index (κ2) is 7.95. The highest BCUT2D eigenvalue weighted by molar-refractivity contribution is 5.82. The van der Waals surface area contributed by atoms with Gasteiger partial charge in [0.05, 0.1) is 12.7 Å². The number of Topliss-reactive ketones (excluding diaryl/α,β-unsaturated/α-hetero) is 1. The van der Waals surface area contributed by atoms with Gasteiger partial charge in [-0.1, -0.05) is 18.2 Å². The highest BCUT2D eigenvalue weighted by atomic mass is 19.1. The minimum Gasteiger partial charge on any atom is -0.379 e. The lowest BCUT2D eigenvalue weighted by Gasteiger charge is -2.12. The van der Waals surface area contributed by atoms with Crippen molar-refractivity contribution in [1.82, 2.24) is 0 Å². The van der Waals surface area contributed by atoms with E-state index in [2.05, 4.69) is 0 Å². The van der Waals surface area contributed by atoms with E-state index in [1.54, 1.807) is 18.2 Å². The molecule has 1 aromatic rings. The summed E-state index contributed by atoms with van der Waals surface area (Å²) in [6.45, 7) is 4.81. The van der Waals surface area contributed by atoms with E-state index in [9.17, 15) is 9.18 Å². The van der Waals surface area contributed by atoms with Crippen molar-refractivity contribution in [3.05, 3.63) is 35.6 Å². The number of hydrogen-bond acceptors (Lipinski definition) is 3. The van der Waals surface area contributed by atoms with Gasteiger partial charge in [0.25, 0.3) is 0 Å². The van der Waals surface area contributed by atoms with Gasteiger partial charge in [0.2, 0.25) is 0 Å². The number of carbonyl (C=O) groups excluding carboxylic acids is 1. The Kier molecular flexibility index (Phi) is 6.54. The Morgan fingerprint density at radius 1 is 1.39 bits per heavy atom. The first kappa shape index (κ1) is 14.8. The first-order valence-electron chi connectivity index (χ1n) is 6.08. The van der Waals surface area contributed by atoms with E-state index >= 15 is 0 Å². The quantitative estimate of drug-likeness (QED) is 0.714. The molecule has 0 heterocycles. The molecule has 1 atom stereocenters. The molecule has 0 fully saturated rings. The number of ether oxygens (including phenoxy) is 2. The summed E-state index contributed by atoms with van der Waals surface area (Å²) in [6.07, 6.45) is -0.0666. The van der Waals surface area contributed by atoms with Crippen LogP contribution in [0.4, 0.5) is 4.39 Å². The SMILES string of the molecule is CCOCC(C)OCC(=O)Cc1ccccc1F. The number of benzene rings is 1. The fourth-order valence-electron chi connectivity index (χ4n) is 1.47. The molecular weight excluding hydrogens is 235 g/mol. The zero-order valence-electron chi connectivity index (χ0n) is 10.8. The molecule has 0 aromatic heterocycles. The van der Waals surface area contributed by atoms with E-state index in [0.29, 0.717) is 18.8 Å². The maximum Gasteiger partial charge on any atom is 0.162 e. The average molecular weight is 254 g/mol. The van der Waals surface area contributed by atoms with E-state index in [0.717, 1.165) is 0 Å². The van der Waals surface area contributed by atoms with E-state index in [4.69, 9.17) is 9.47 Å². The molecule has 1 rings (SSSR count). The zero-order chi connectivity index (χ0) is 13.4. The Morgan fingerprint density at radius 3 is 2.78 bits per heavy atom. The van der Waals surface area contributed by atoms with Crippen LogP contribution in [0, 0.1) is 5.82 Å². The van der Waals surface area contributed by atoms with Crippen LogP contribution in [0.1, 0.15) is 19.4 Å². The second-order valence-electron chi connectivity index (χ2n) is 4.09. The van der Waals surface area contributed by atoms with Crippen molar-refractivity contribution < 1.29 is 18.7 Å². The van der Waals surface area contributed by atoms with Crippen molar-refractivity contribution in [2.75, 3.05) is 19.8 Å². The monoisotopic (exact) mass is 254 g/mol. The molecule has 0 radical (unpaired) electrons. The summed E-state index contributed by atoms with van der Waals surface area (Å²) in [5.41, 5.74) is 0.406. The summed E-state index contributed by atoms with van der Waals surface area (Å²) in [5.74, 6) is -0.489. The molecule has 0 spiro atoms. The molecule has 0 amide bonds. The molecule has 0 saturated heterocycles. The van der Waals surface area contributed by atoms with Crippen molar-refractivity contribution in [2.45, 2.75) is 26.4 Å². The van der Waals surface area contributed by atoms with Crippen LogP contribution in [-0.4, -0.2) is 31.7 Å². The van der Waals surface area contributed by atoms with E-state index < -0.39 is 0 Å². The molecule has 4 heteroatoms. The Morgan fingerprint density at radius 2 is 2.11 bits per heavy atom. The Hall–Kier alpha value is -1.26. The largest absolute Gasteiger partial charge is 0.379 e. The smallest absolute Gasteiger partial charge is 0.162 e. The minimum atomic E-state index is -0.354. The van der Waals surface area contributed by atoms with Crippen molar-refractivity contribution in [3.63, 3.8) is 0 Å². The predicted octanol–water partition coefficient (Wildman–Crippen LogP) is 2.38. The summed E-state index contributed by atoms with van der Waals surface area (Å²) in [4.78, 5) is 11.6. The lowest BCUT2D eigenvalue weighted by Crippen LogP contribution is -2.21. The highest BCUT2D eigenvalue weighted by Gasteiger charge is 2.10. The molecule has 1 aromatic carbocycles. The van der Waals surface area contributed by atoms with Gasteiger partial charge in [-0.2, -0.15) is 0 Å². The molecule has 0 N–H and O–H groups in total. The maximum atomic E-state index is 13.3. The number of carbonyl (C=O) groups is 1. The van der Waals surface area contributed by atoms with Crippen molar-refractivity contribution in [2.24, 2.45) is 0 Å². The Balaban J connectivity index is 2.32. The van der Waals surface area contributed by atoms with Crippen LogP contribution in [0.5, 0.6) is 0 Å². The molecule has 0 aliphatic carbocycles. The van der Waals surface area contributed by atoms with Gasteiger partial charge in [0.1, 0.15) is 12.4 Å². The van der Waals surface area contributed by atoms with Crippen LogP contribution in [-0.2, 0) is 20.7 Å². The van der Waals surface area contributed by atoms with Gasteiger partial charge >= 0.3 is 0 Å². The summed E-state index contributed by atoms with van der Waals surface area (Å²) in [6, 6.07) is 6.27. The number of rotatable bonds is 8.